The maximum atomic E-state index is 9.94. The van der Waals surface area contributed by atoms with Crippen LogP contribution in [0.2, 0.25) is 0 Å². The first kappa shape index (κ1) is 17.5. The molecule has 28 heavy (non-hydrogen) atoms. The third-order valence-electron chi connectivity index (χ3n) is 6.80. The molecule has 2 aliphatic rings. The van der Waals surface area contributed by atoms with E-state index >= 15 is 0 Å². The van der Waals surface area contributed by atoms with Crippen LogP contribution in [0.25, 0.3) is 22.0 Å². The molecular formula is C25H26N2O. The van der Waals surface area contributed by atoms with Crippen LogP contribution in [0.3, 0.4) is 0 Å². The number of nitriles is 1. The molecule has 3 heteroatoms. The summed E-state index contributed by atoms with van der Waals surface area (Å²) in [5.41, 5.74) is 8.59. The van der Waals surface area contributed by atoms with Gasteiger partial charge in [0.1, 0.15) is 0 Å². The molecule has 0 amide bonds. The van der Waals surface area contributed by atoms with E-state index in [4.69, 9.17) is 0 Å². The zero-order valence-electron chi connectivity index (χ0n) is 16.4. The monoisotopic (exact) mass is 370 g/mol. The van der Waals surface area contributed by atoms with Crippen LogP contribution in [0, 0.1) is 18.3 Å². The number of nitrogens with zero attached hydrogens (tertiary/aromatic N) is 2. The summed E-state index contributed by atoms with van der Waals surface area (Å²) in [4.78, 5) is 0. The van der Waals surface area contributed by atoms with Gasteiger partial charge in [-0.2, -0.15) is 5.26 Å². The van der Waals surface area contributed by atoms with Crippen LogP contribution in [-0.4, -0.2) is 15.8 Å². The van der Waals surface area contributed by atoms with Gasteiger partial charge in [-0.1, -0.05) is 18.2 Å². The minimum atomic E-state index is -0.151. The van der Waals surface area contributed by atoms with E-state index < -0.39 is 0 Å². The van der Waals surface area contributed by atoms with Gasteiger partial charge in [0.25, 0.3) is 0 Å². The van der Waals surface area contributed by atoms with Gasteiger partial charge in [0.2, 0.25) is 0 Å². The molecule has 0 unspecified atom stereocenters. The van der Waals surface area contributed by atoms with Crippen LogP contribution in [0.1, 0.15) is 60.4 Å². The number of hydrogen-bond donors (Lipinski definition) is 1. The normalized spacial score (nSPS) is 21.6. The number of aromatic nitrogens is 1. The van der Waals surface area contributed by atoms with E-state index in [-0.39, 0.29) is 6.10 Å². The summed E-state index contributed by atoms with van der Waals surface area (Å²) in [6.07, 6.45) is 9.48. The molecule has 0 aliphatic heterocycles. The fraction of sp³-hybridized carbons (Fsp3) is 0.400. The first-order chi connectivity index (χ1) is 13.7. The largest absolute Gasteiger partial charge is 0.393 e. The van der Waals surface area contributed by atoms with Crippen molar-refractivity contribution in [3.8, 4) is 17.2 Å². The van der Waals surface area contributed by atoms with Crippen molar-refractivity contribution < 1.29 is 5.11 Å². The molecule has 0 bridgehead atoms. The van der Waals surface area contributed by atoms with E-state index in [1.807, 2.05) is 6.92 Å². The smallest absolute Gasteiger partial charge is 0.0994 e. The van der Waals surface area contributed by atoms with E-state index in [2.05, 4.69) is 47.2 Å². The standard InChI is InChI=1S/C25H26N2O/c1-16-12-25-23(13-18(16)14-26)24(15-27(25)19-8-10-20(28)11-9-19)22-7-3-5-17-4-2-6-21(17)22/h3,5,7,12-13,15,19-20,28H,2,4,6,8-11H2,1H3. The quantitative estimate of drug-likeness (QED) is 0.652. The molecule has 142 valence electrons. The Labute approximate surface area is 166 Å². The topological polar surface area (TPSA) is 49.0 Å². The lowest BCUT2D eigenvalue weighted by atomic mass is 9.93. The number of aliphatic hydroxyl groups is 1. The number of aryl methyl sites for hydroxylation is 2. The Morgan fingerprint density at radius 3 is 2.68 bits per heavy atom. The van der Waals surface area contributed by atoms with Gasteiger partial charge < -0.3 is 9.67 Å². The molecule has 0 spiro atoms. The van der Waals surface area contributed by atoms with Crippen LogP contribution >= 0.6 is 0 Å². The summed E-state index contributed by atoms with van der Waals surface area (Å²) in [5, 5.41) is 20.7. The Bertz CT molecular complexity index is 1090. The molecule has 1 saturated carbocycles. The lowest BCUT2D eigenvalue weighted by Gasteiger charge is -2.27. The van der Waals surface area contributed by atoms with Gasteiger partial charge in [0.15, 0.2) is 0 Å². The third kappa shape index (κ3) is 2.75. The molecule has 0 atom stereocenters. The van der Waals surface area contributed by atoms with Gasteiger partial charge >= 0.3 is 0 Å². The summed E-state index contributed by atoms with van der Waals surface area (Å²) in [7, 11) is 0. The summed E-state index contributed by atoms with van der Waals surface area (Å²) in [5.74, 6) is 0. The van der Waals surface area contributed by atoms with Crippen LogP contribution in [0.5, 0.6) is 0 Å². The van der Waals surface area contributed by atoms with Gasteiger partial charge in [-0.3, -0.25) is 0 Å². The highest BCUT2D eigenvalue weighted by molar-refractivity contribution is 5.98. The minimum absolute atomic E-state index is 0.151. The molecule has 3 aromatic rings. The van der Waals surface area contributed by atoms with Crippen LogP contribution in [-0.2, 0) is 12.8 Å². The van der Waals surface area contributed by atoms with Crippen molar-refractivity contribution in [3.05, 3.63) is 58.8 Å². The van der Waals surface area contributed by atoms with E-state index in [9.17, 15) is 10.4 Å². The lowest BCUT2D eigenvalue weighted by molar-refractivity contribution is 0.111. The fourth-order valence-electron chi connectivity index (χ4n) is 5.25. The van der Waals surface area contributed by atoms with E-state index in [0.717, 1.165) is 43.2 Å². The Morgan fingerprint density at radius 2 is 1.89 bits per heavy atom. The second-order valence-electron chi connectivity index (χ2n) is 8.51. The van der Waals surface area contributed by atoms with Crippen molar-refractivity contribution in [2.75, 3.05) is 0 Å². The predicted octanol–water partition coefficient (Wildman–Crippen LogP) is 5.45. The number of aliphatic hydroxyl groups excluding tert-OH is 1. The van der Waals surface area contributed by atoms with E-state index in [1.54, 1.807) is 0 Å². The van der Waals surface area contributed by atoms with Crippen molar-refractivity contribution in [1.82, 2.24) is 4.57 Å². The Kier molecular flexibility index (Phi) is 4.25. The van der Waals surface area contributed by atoms with Gasteiger partial charge in [-0.25, -0.2) is 0 Å². The molecule has 2 aromatic carbocycles. The third-order valence-corrected chi connectivity index (χ3v) is 6.80. The summed E-state index contributed by atoms with van der Waals surface area (Å²) in [6, 6.07) is 13.8. The average Bonchev–Trinajstić information content (AvgIpc) is 3.32. The lowest BCUT2D eigenvalue weighted by Crippen LogP contribution is -2.20. The highest BCUT2D eigenvalue weighted by Gasteiger charge is 2.25. The van der Waals surface area contributed by atoms with Gasteiger partial charge in [-0.15, -0.1) is 0 Å². The summed E-state index contributed by atoms with van der Waals surface area (Å²) >= 11 is 0. The highest BCUT2D eigenvalue weighted by Crippen LogP contribution is 2.41. The second-order valence-corrected chi connectivity index (χ2v) is 8.51. The molecule has 1 heterocycles. The molecule has 5 rings (SSSR count). The van der Waals surface area contributed by atoms with Gasteiger partial charge in [0, 0.05) is 28.7 Å². The fourth-order valence-corrected chi connectivity index (χ4v) is 5.25. The van der Waals surface area contributed by atoms with Crippen molar-refractivity contribution in [2.45, 2.75) is 64.0 Å². The van der Waals surface area contributed by atoms with Crippen LogP contribution in [0.4, 0.5) is 0 Å². The molecule has 0 saturated heterocycles. The predicted molar refractivity (Wildman–Crippen MR) is 112 cm³/mol. The molecular weight excluding hydrogens is 344 g/mol. The number of hydrogen-bond acceptors (Lipinski definition) is 2. The zero-order chi connectivity index (χ0) is 19.3. The van der Waals surface area contributed by atoms with E-state index in [0.29, 0.717) is 6.04 Å². The first-order valence-electron chi connectivity index (χ1n) is 10.5. The number of rotatable bonds is 2. The average molecular weight is 370 g/mol. The SMILES string of the molecule is Cc1cc2c(cc1C#N)c(-c1cccc3c1CCC3)cn2C1CCC(O)CC1. The van der Waals surface area contributed by atoms with Crippen molar-refractivity contribution in [3.63, 3.8) is 0 Å². The second kappa shape index (κ2) is 6.79. The maximum Gasteiger partial charge on any atom is 0.0994 e. The Balaban J connectivity index is 1.73. The number of fused-ring (bicyclic) bond motifs is 2. The molecule has 3 nitrogen and oxygen atoms in total. The van der Waals surface area contributed by atoms with Crippen LogP contribution < -0.4 is 0 Å². The van der Waals surface area contributed by atoms with Gasteiger partial charge in [0.05, 0.1) is 17.7 Å². The number of benzene rings is 2. The van der Waals surface area contributed by atoms with Crippen molar-refractivity contribution in [2.24, 2.45) is 0 Å². The maximum absolute atomic E-state index is 9.94. The van der Waals surface area contributed by atoms with Gasteiger partial charge in [-0.05, 0) is 86.3 Å². The zero-order valence-corrected chi connectivity index (χ0v) is 16.4. The molecule has 2 aliphatic carbocycles. The minimum Gasteiger partial charge on any atom is -0.393 e. The molecule has 1 fully saturated rings. The Morgan fingerprint density at radius 1 is 1.07 bits per heavy atom. The van der Waals surface area contributed by atoms with Crippen molar-refractivity contribution in [1.29, 1.82) is 5.26 Å². The molecule has 1 aromatic heterocycles. The van der Waals surface area contributed by atoms with Crippen molar-refractivity contribution >= 4 is 10.9 Å². The van der Waals surface area contributed by atoms with Crippen LogP contribution in [0.15, 0.2) is 36.5 Å². The molecule has 0 radical (unpaired) electrons. The molecule has 1 N–H and O–H groups in total. The summed E-state index contributed by atoms with van der Waals surface area (Å²) in [6.45, 7) is 2.03. The summed E-state index contributed by atoms with van der Waals surface area (Å²) < 4.78 is 2.43. The highest BCUT2D eigenvalue weighted by atomic mass is 16.3. The Hall–Kier alpha value is -2.57. The first-order valence-corrected chi connectivity index (χ1v) is 10.5. The van der Waals surface area contributed by atoms with E-state index in [1.165, 1.54) is 46.0 Å².